The van der Waals surface area contributed by atoms with E-state index in [4.69, 9.17) is 4.98 Å². The van der Waals surface area contributed by atoms with E-state index in [0.29, 0.717) is 14.5 Å². The van der Waals surface area contributed by atoms with E-state index in [9.17, 15) is 9.90 Å². The first-order valence-corrected chi connectivity index (χ1v) is 12.5. The summed E-state index contributed by atoms with van der Waals surface area (Å²) in [4.78, 5) is 19.5. The lowest BCUT2D eigenvalue weighted by Gasteiger charge is -2.08. The zero-order valence-electron chi connectivity index (χ0n) is 17.6. The summed E-state index contributed by atoms with van der Waals surface area (Å²) in [5.41, 5.74) is 4.81. The normalized spacial score (nSPS) is 14.2. The number of thiazole rings is 1. The van der Waals surface area contributed by atoms with Crippen LogP contribution in [0.5, 0.6) is 5.75 Å². The number of anilines is 2. The van der Waals surface area contributed by atoms with Crippen molar-refractivity contribution in [3.8, 4) is 17.0 Å². The van der Waals surface area contributed by atoms with Gasteiger partial charge in [-0.2, -0.15) is 0 Å². The summed E-state index contributed by atoms with van der Waals surface area (Å²) < 4.78 is 1.11. The number of carbonyl (C=O) groups excluding carboxylic acids is 1. The molecule has 2 aromatic carbocycles. The van der Waals surface area contributed by atoms with Crippen LogP contribution in [0.1, 0.15) is 17.5 Å². The van der Waals surface area contributed by atoms with Crippen LogP contribution in [0.25, 0.3) is 22.9 Å². The number of benzene rings is 2. The van der Waals surface area contributed by atoms with Crippen molar-refractivity contribution >= 4 is 71.6 Å². The van der Waals surface area contributed by atoms with E-state index in [-0.39, 0.29) is 11.7 Å². The van der Waals surface area contributed by atoms with Crippen molar-refractivity contribution in [2.24, 2.45) is 0 Å². The van der Waals surface area contributed by atoms with E-state index in [1.165, 1.54) is 0 Å². The summed E-state index contributed by atoms with van der Waals surface area (Å²) in [7, 11) is 4.13. The van der Waals surface area contributed by atoms with Crippen LogP contribution in [-0.2, 0) is 4.79 Å². The van der Waals surface area contributed by atoms with Gasteiger partial charge < -0.3 is 20.6 Å². The van der Waals surface area contributed by atoms with Crippen molar-refractivity contribution in [3.05, 3.63) is 55.8 Å². The van der Waals surface area contributed by atoms with E-state index in [2.05, 4.69) is 61.5 Å². The summed E-state index contributed by atoms with van der Waals surface area (Å²) in [6.07, 6.45) is 2.87. The maximum Gasteiger partial charge on any atom is 0.256 e. The smallest absolute Gasteiger partial charge is 0.256 e. The third-order valence-corrected chi connectivity index (χ3v) is 7.02. The first kappa shape index (κ1) is 23.0. The number of phenols is 1. The Morgan fingerprint density at radius 3 is 2.69 bits per heavy atom. The molecule has 0 unspecified atom stereocenters. The number of halogens is 2. The number of hydrogen-bond donors (Lipinski definition) is 3. The third-order valence-electron chi connectivity index (χ3n) is 5.01. The van der Waals surface area contributed by atoms with E-state index in [1.54, 1.807) is 23.5 Å². The Balaban J connectivity index is 1.58. The Kier molecular flexibility index (Phi) is 6.99. The number of nitrogens with zero attached hydrogens (tertiary/aromatic N) is 2. The van der Waals surface area contributed by atoms with Crippen LogP contribution in [0.4, 0.5) is 10.8 Å². The Bertz CT molecular complexity index is 1180. The number of rotatable bonds is 7. The molecule has 0 bridgehead atoms. The van der Waals surface area contributed by atoms with E-state index in [0.717, 1.165) is 52.7 Å². The number of aromatic hydroxyl groups is 1. The highest BCUT2D eigenvalue weighted by Crippen LogP contribution is 2.39. The standard InChI is InChI=1S/C23H22Br2N4O2S/c1-29(2)7-3-6-26-23-28-20(12-32-23)14-4-5-19-15(11-14)16(22(31)27-19)8-13-9-17(24)21(30)18(25)10-13/h4-5,8-12,30H,3,6-7H2,1-2H3,(H,26,28)(H,27,31). The van der Waals surface area contributed by atoms with Crippen LogP contribution < -0.4 is 10.6 Å². The average molecular weight is 578 g/mol. The zero-order valence-corrected chi connectivity index (χ0v) is 21.6. The van der Waals surface area contributed by atoms with Crippen molar-refractivity contribution in [1.82, 2.24) is 9.88 Å². The van der Waals surface area contributed by atoms with Gasteiger partial charge in [0.15, 0.2) is 5.13 Å². The van der Waals surface area contributed by atoms with Crippen molar-refractivity contribution in [1.29, 1.82) is 0 Å². The molecule has 0 spiro atoms. The molecule has 3 aromatic rings. The van der Waals surface area contributed by atoms with Gasteiger partial charge in [-0.3, -0.25) is 4.79 Å². The van der Waals surface area contributed by atoms with Crippen LogP contribution in [0.2, 0.25) is 0 Å². The van der Waals surface area contributed by atoms with Gasteiger partial charge in [-0.25, -0.2) is 4.98 Å². The van der Waals surface area contributed by atoms with Gasteiger partial charge in [0.2, 0.25) is 0 Å². The Morgan fingerprint density at radius 2 is 1.97 bits per heavy atom. The molecule has 1 aliphatic rings. The predicted molar refractivity (Wildman–Crippen MR) is 139 cm³/mol. The second-order valence-corrected chi connectivity index (χ2v) is 10.3. The molecule has 0 fully saturated rings. The largest absolute Gasteiger partial charge is 0.506 e. The zero-order chi connectivity index (χ0) is 22.8. The molecule has 0 saturated carbocycles. The predicted octanol–water partition coefficient (Wildman–Crippen LogP) is 5.90. The molecule has 0 radical (unpaired) electrons. The van der Waals surface area contributed by atoms with Crippen LogP contribution in [0.15, 0.2) is 44.7 Å². The van der Waals surface area contributed by atoms with E-state index >= 15 is 0 Å². The van der Waals surface area contributed by atoms with Gasteiger partial charge in [0.1, 0.15) is 5.75 Å². The number of hydrogen-bond acceptors (Lipinski definition) is 6. The molecule has 3 N–H and O–H groups in total. The molecule has 32 heavy (non-hydrogen) atoms. The molecule has 1 aliphatic heterocycles. The molecule has 4 rings (SSSR count). The van der Waals surface area contributed by atoms with Gasteiger partial charge in [0.25, 0.3) is 5.91 Å². The van der Waals surface area contributed by atoms with Crippen LogP contribution in [-0.4, -0.2) is 48.1 Å². The lowest BCUT2D eigenvalue weighted by molar-refractivity contribution is -0.110. The number of nitrogens with one attached hydrogen (secondary N) is 2. The summed E-state index contributed by atoms with van der Waals surface area (Å²) in [6.45, 7) is 1.90. The number of phenolic OH excluding ortho intramolecular Hbond substituents is 1. The van der Waals surface area contributed by atoms with Crippen LogP contribution in [0, 0.1) is 0 Å². The van der Waals surface area contributed by atoms with Gasteiger partial charge in [0, 0.05) is 34.3 Å². The summed E-state index contributed by atoms with van der Waals surface area (Å²) in [6, 6.07) is 9.43. The Hall–Kier alpha value is -2.20. The molecule has 0 saturated heterocycles. The minimum Gasteiger partial charge on any atom is -0.506 e. The fourth-order valence-electron chi connectivity index (χ4n) is 3.40. The van der Waals surface area contributed by atoms with Crippen LogP contribution in [0.3, 0.4) is 0 Å². The minimum absolute atomic E-state index is 0.125. The maximum absolute atomic E-state index is 12.6. The molecule has 0 aliphatic carbocycles. The summed E-state index contributed by atoms with van der Waals surface area (Å²) >= 11 is 8.26. The second kappa shape index (κ2) is 9.74. The minimum atomic E-state index is -0.154. The average Bonchev–Trinajstić information content (AvgIpc) is 3.33. The Labute approximate surface area is 207 Å². The number of amides is 1. The molecule has 0 atom stereocenters. The van der Waals surface area contributed by atoms with E-state index < -0.39 is 0 Å². The molecule has 2 heterocycles. The second-order valence-electron chi connectivity index (χ2n) is 7.73. The highest BCUT2D eigenvalue weighted by atomic mass is 79.9. The first-order valence-electron chi connectivity index (χ1n) is 10.0. The summed E-state index contributed by atoms with van der Waals surface area (Å²) in [5, 5.41) is 19.2. The lowest BCUT2D eigenvalue weighted by atomic mass is 10.0. The highest BCUT2D eigenvalue weighted by Gasteiger charge is 2.25. The molecule has 6 nitrogen and oxygen atoms in total. The van der Waals surface area contributed by atoms with Crippen molar-refractivity contribution in [2.75, 3.05) is 37.8 Å². The van der Waals surface area contributed by atoms with Crippen LogP contribution >= 0.6 is 43.2 Å². The number of fused-ring (bicyclic) bond motifs is 1. The molecule has 9 heteroatoms. The van der Waals surface area contributed by atoms with Crippen molar-refractivity contribution < 1.29 is 9.90 Å². The fourth-order valence-corrected chi connectivity index (χ4v) is 5.37. The quantitative estimate of drug-likeness (QED) is 0.241. The number of carbonyl (C=O) groups is 1. The van der Waals surface area contributed by atoms with Gasteiger partial charge in [0.05, 0.1) is 14.6 Å². The topological polar surface area (TPSA) is 77.5 Å². The van der Waals surface area contributed by atoms with Gasteiger partial charge >= 0.3 is 0 Å². The monoisotopic (exact) mass is 576 g/mol. The summed E-state index contributed by atoms with van der Waals surface area (Å²) in [5.74, 6) is -0.0284. The van der Waals surface area contributed by atoms with Gasteiger partial charge in [-0.15, -0.1) is 11.3 Å². The van der Waals surface area contributed by atoms with E-state index in [1.807, 2.05) is 29.7 Å². The molecule has 166 valence electrons. The first-order chi connectivity index (χ1) is 15.3. The SMILES string of the molecule is CN(C)CCCNc1nc(-c2ccc3c(c2)C(=Cc2cc(Br)c(O)c(Br)c2)C(=O)N3)cs1. The molecule has 1 amide bonds. The highest BCUT2D eigenvalue weighted by molar-refractivity contribution is 9.11. The van der Waals surface area contributed by atoms with Crippen molar-refractivity contribution in [2.45, 2.75) is 6.42 Å². The molecular weight excluding hydrogens is 556 g/mol. The van der Waals surface area contributed by atoms with Gasteiger partial charge in [-0.1, -0.05) is 6.07 Å². The molecule has 1 aromatic heterocycles. The number of aromatic nitrogens is 1. The third kappa shape index (κ3) is 5.06. The molecular formula is C23H22Br2N4O2S. The van der Waals surface area contributed by atoms with Gasteiger partial charge in [-0.05, 0) is 94.8 Å². The lowest BCUT2D eigenvalue weighted by Crippen LogP contribution is -2.16. The van der Waals surface area contributed by atoms with Crippen molar-refractivity contribution in [3.63, 3.8) is 0 Å². The Morgan fingerprint density at radius 1 is 1.22 bits per heavy atom. The maximum atomic E-state index is 12.6. The fraction of sp³-hybridized carbons (Fsp3) is 0.217.